The van der Waals surface area contributed by atoms with Gasteiger partial charge in [-0.15, -0.1) is 0 Å². The molecular weight excluding hydrogens is 312 g/mol. The fourth-order valence-corrected chi connectivity index (χ4v) is 2.33. The predicted octanol–water partition coefficient (Wildman–Crippen LogP) is 1.60. The smallest absolute Gasteiger partial charge is 0.231 e. The first-order valence-electron chi connectivity index (χ1n) is 5.85. The van der Waals surface area contributed by atoms with Crippen LogP contribution in [0.25, 0.3) is 0 Å². The van der Waals surface area contributed by atoms with E-state index >= 15 is 0 Å². The largest absolute Gasteiger partial charge is 0.454 e. The van der Waals surface area contributed by atoms with Crippen molar-refractivity contribution in [1.29, 1.82) is 0 Å². The van der Waals surface area contributed by atoms with Crippen molar-refractivity contribution in [3.05, 3.63) is 34.3 Å². The van der Waals surface area contributed by atoms with Crippen molar-refractivity contribution in [2.45, 2.75) is 13.1 Å². The van der Waals surface area contributed by atoms with E-state index in [9.17, 15) is 0 Å². The third-order valence-corrected chi connectivity index (χ3v) is 3.53. The number of benzene rings is 1. The summed E-state index contributed by atoms with van der Waals surface area (Å²) in [6, 6.07) is 3.91. The number of rotatable bonds is 4. The van der Waals surface area contributed by atoms with E-state index in [1.807, 2.05) is 19.2 Å². The standard InChI is InChI=1S/C12H13BrN4O2/c1-17-6-15-12(16-17)5-14-4-8-2-10-11(3-9(8)13)19-7-18-10/h2-3,6,14H,4-5,7H2,1H3. The van der Waals surface area contributed by atoms with E-state index in [1.54, 1.807) is 11.0 Å². The average molecular weight is 325 g/mol. The normalized spacial score (nSPS) is 12.9. The van der Waals surface area contributed by atoms with Crippen molar-refractivity contribution >= 4 is 15.9 Å². The first-order valence-corrected chi connectivity index (χ1v) is 6.65. The zero-order valence-corrected chi connectivity index (χ0v) is 12.0. The van der Waals surface area contributed by atoms with Crippen molar-refractivity contribution in [3.8, 4) is 11.5 Å². The van der Waals surface area contributed by atoms with Gasteiger partial charge in [-0.1, -0.05) is 15.9 Å². The molecule has 0 unspecified atom stereocenters. The summed E-state index contributed by atoms with van der Waals surface area (Å²) in [5, 5.41) is 7.51. The molecule has 2 heterocycles. The molecule has 1 aromatic carbocycles. The lowest BCUT2D eigenvalue weighted by molar-refractivity contribution is 0.174. The number of hydrogen-bond donors (Lipinski definition) is 1. The highest BCUT2D eigenvalue weighted by Crippen LogP contribution is 2.36. The Morgan fingerprint density at radius 1 is 1.32 bits per heavy atom. The lowest BCUT2D eigenvalue weighted by Gasteiger charge is -2.07. The van der Waals surface area contributed by atoms with Crippen LogP contribution in [0.3, 0.4) is 0 Å². The monoisotopic (exact) mass is 324 g/mol. The van der Waals surface area contributed by atoms with Gasteiger partial charge >= 0.3 is 0 Å². The minimum atomic E-state index is 0.288. The highest BCUT2D eigenvalue weighted by atomic mass is 79.9. The Labute approximate surface area is 118 Å². The molecule has 0 amide bonds. The molecule has 0 aliphatic carbocycles. The van der Waals surface area contributed by atoms with Gasteiger partial charge in [0.05, 0.1) is 6.54 Å². The summed E-state index contributed by atoms with van der Waals surface area (Å²) in [6.45, 7) is 1.62. The highest BCUT2D eigenvalue weighted by Gasteiger charge is 2.16. The van der Waals surface area contributed by atoms with Crippen LogP contribution >= 0.6 is 15.9 Å². The van der Waals surface area contributed by atoms with Gasteiger partial charge < -0.3 is 14.8 Å². The Morgan fingerprint density at radius 2 is 2.11 bits per heavy atom. The fourth-order valence-electron chi connectivity index (χ4n) is 1.87. The summed E-state index contributed by atoms with van der Waals surface area (Å²) >= 11 is 3.53. The minimum absolute atomic E-state index is 0.288. The van der Waals surface area contributed by atoms with E-state index in [2.05, 4.69) is 31.3 Å². The van der Waals surface area contributed by atoms with Crippen molar-refractivity contribution in [2.75, 3.05) is 6.79 Å². The molecule has 1 aromatic heterocycles. The molecule has 0 atom stereocenters. The van der Waals surface area contributed by atoms with E-state index < -0.39 is 0 Å². The average Bonchev–Trinajstić information content (AvgIpc) is 2.98. The molecule has 1 aliphatic rings. The van der Waals surface area contributed by atoms with E-state index in [4.69, 9.17) is 9.47 Å². The first-order chi connectivity index (χ1) is 9.22. The van der Waals surface area contributed by atoms with Gasteiger partial charge in [0.15, 0.2) is 17.3 Å². The lowest BCUT2D eigenvalue weighted by atomic mass is 10.2. The zero-order chi connectivity index (χ0) is 13.2. The van der Waals surface area contributed by atoms with E-state index in [1.165, 1.54) is 0 Å². The Hall–Kier alpha value is -1.60. The molecule has 0 spiro atoms. The summed E-state index contributed by atoms with van der Waals surface area (Å²) in [5.41, 5.74) is 1.11. The van der Waals surface area contributed by atoms with Crippen LogP contribution in [0.2, 0.25) is 0 Å². The van der Waals surface area contributed by atoms with Gasteiger partial charge in [-0.25, -0.2) is 4.98 Å². The fraction of sp³-hybridized carbons (Fsp3) is 0.333. The Bertz CT molecular complexity index is 599. The van der Waals surface area contributed by atoms with Gasteiger partial charge in [-0.2, -0.15) is 5.10 Å². The number of nitrogens with one attached hydrogen (secondary N) is 1. The van der Waals surface area contributed by atoms with E-state index in [-0.39, 0.29) is 6.79 Å². The number of aromatic nitrogens is 3. The molecule has 0 radical (unpaired) electrons. The maximum atomic E-state index is 5.36. The SMILES string of the molecule is Cn1cnc(CNCc2cc3c(cc2Br)OCO3)n1. The van der Waals surface area contributed by atoms with Gasteiger partial charge in [0.25, 0.3) is 0 Å². The number of fused-ring (bicyclic) bond motifs is 1. The molecular formula is C12H13BrN4O2. The van der Waals surface area contributed by atoms with Crippen LogP contribution in [-0.4, -0.2) is 21.6 Å². The van der Waals surface area contributed by atoms with Gasteiger partial charge in [-0.3, -0.25) is 4.68 Å². The molecule has 0 saturated carbocycles. The second kappa shape index (κ2) is 5.18. The van der Waals surface area contributed by atoms with Crippen LogP contribution < -0.4 is 14.8 Å². The molecule has 0 bridgehead atoms. The highest BCUT2D eigenvalue weighted by molar-refractivity contribution is 9.10. The molecule has 19 heavy (non-hydrogen) atoms. The third kappa shape index (κ3) is 2.71. The summed E-state index contributed by atoms with van der Waals surface area (Å²) in [6.07, 6.45) is 1.69. The van der Waals surface area contributed by atoms with Crippen molar-refractivity contribution < 1.29 is 9.47 Å². The Morgan fingerprint density at radius 3 is 2.84 bits per heavy atom. The second-order valence-corrected chi connectivity index (χ2v) is 5.09. The van der Waals surface area contributed by atoms with Gasteiger partial charge in [0, 0.05) is 18.1 Å². The van der Waals surface area contributed by atoms with E-state index in [0.29, 0.717) is 13.1 Å². The molecule has 1 N–H and O–H groups in total. The molecule has 0 saturated heterocycles. The van der Waals surface area contributed by atoms with Crippen molar-refractivity contribution in [3.63, 3.8) is 0 Å². The molecule has 3 rings (SSSR count). The molecule has 6 nitrogen and oxygen atoms in total. The van der Waals surface area contributed by atoms with Crippen molar-refractivity contribution in [2.24, 2.45) is 7.05 Å². The van der Waals surface area contributed by atoms with Crippen LogP contribution in [0.4, 0.5) is 0 Å². The molecule has 2 aromatic rings. The van der Waals surface area contributed by atoms with E-state index in [0.717, 1.165) is 27.4 Å². The number of aryl methyl sites for hydroxylation is 1. The zero-order valence-electron chi connectivity index (χ0n) is 10.4. The summed E-state index contributed by atoms with van der Waals surface area (Å²) in [7, 11) is 1.85. The number of halogens is 1. The Balaban J connectivity index is 1.64. The second-order valence-electron chi connectivity index (χ2n) is 4.23. The molecule has 1 aliphatic heterocycles. The summed E-state index contributed by atoms with van der Waals surface area (Å²) in [5.74, 6) is 2.34. The molecule has 7 heteroatoms. The summed E-state index contributed by atoms with van der Waals surface area (Å²) < 4.78 is 13.4. The van der Waals surface area contributed by atoms with Crippen LogP contribution in [0.1, 0.15) is 11.4 Å². The maximum Gasteiger partial charge on any atom is 0.231 e. The van der Waals surface area contributed by atoms with Crippen LogP contribution in [0.5, 0.6) is 11.5 Å². The predicted molar refractivity (Wildman–Crippen MR) is 71.8 cm³/mol. The van der Waals surface area contributed by atoms with Gasteiger partial charge in [0.2, 0.25) is 6.79 Å². The Kier molecular flexibility index (Phi) is 3.39. The lowest BCUT2D eigenvalue weighted by Crippen LogP contribution is -2.14. The molecule has 0 fully saturated rings. The van der Waals surface area contributed by atoms with Gasteiger partial charge in [-0.05, 0) is 17.7 Å². The first kappa shape index (κ1) is 12.4. The van der Waals surface area contributed by atoms with Crippen molar-refractivity contribution in [1.82, 2.24) is 20.1 Å². The van der Waals surface area contributed by atoms with Crippen LogP contribution in [0, 0.1) is 0 Å². The molecule has 100 valence electrons. The minimum Gasteiger partial charge on any atom is -0.454 e. The quantitative estimate of drug-likeness (QED) is 0.925. The maximum absolute atomic E-state index is 5.36. The third-order valence-electron chi connectivity index (χ3n) is 2.79. The van der Waals surface area contributed by atoms with Gasteiger partial charge in [0.1, 0.15) is 6.33 Å². The number of hydrogen-bond acceptors (Lipinski definition) is 5. The van der Waals surface area contributed by atoms with Crippen LogP contribution in [0.15, 0.2) is 22.9 Å². The van der Waals surface area contributed by atoms with Crippen LogP contribution in [-0.2, 0) is 20.1 Å². The number of ether oxygens (including phenoxy) is 2. The topological polar surface area (TPSA) is 61.2 Å². The number of nitrogens with zero attached hydrogens (tertiary/aromatic N) is 3. The summed E-state index contributed by atoms with van der Waals surface area (Å²) in [4.78, 5) is 4.16.